The summed E-state index contributed by atoms with van der Waals surface area (Å²) in [6.45, 7) is 4.25. The van der Waals surface area contributed by atoms with Crippen molar-refractivity contribution in [2.24, 2.45) is 0 Å². The first-order valence-corrected chi connectivity index (χ1v) is 12.5. The Morgan fingerprint density at radius 3 is 2.00 bits per heavy atom. The van der Waals surface area contributed by atoms with Gasteiger partial charge < -0.3 is 4.74 Å². The molecule has 2 aromatic carbocycles. The molecule has 0 aliphatic carbocycles. The first-order valence-electron chi connectivity index (χ1n) is 9.48. The minimum atomic E-state index is -3.79. The molecule has 7 nitrogen and oxygen atoms in total. The van der Waals surface area contributed by atoms with E-state index in [1.165, 1.54) is 4.41 Å². The van der Waals surface area contributed by atoms with Crippen LogP contribution in [0.1, 0.15) is 17.5 Å². The van der Waals surface area contributed by atoms with Gasteiger partial charge in [-0.25, -0.2) is 16.8 Å². The molecule has 0 saturated carbocycles. The first-order chi connectivity index (χ1) is 13.7. The van der Waals surface area contributed by atoms with Crippen molar-refractivity contribution in [3.63, 3.8) is 0 Å². The van der Waals surface area contributed by atoms with E-state index in [-0.39, 0.29) is 35.9 Å². The van der Waals surface area contributed by atoms with Crippen LogP contribution < -0.4 is 0 Å². The van der Waals surface area contributed by atoms with Gasteiger partial charge in [0, 0.05) is 13.0 Å². The number of fused-ring (bicyclic) bond motifs is 1. The van der Waals surface area contributed by atoms with Gasteiger partial charge in [0.15, 0.2) is 9.84 Å². The third kappa shape index (κ3) is 3.73. The predicted molar refractivity (Wildman–Crippen MR) is 108 cm³/mol. The normalized spacial score (nSPS) is 23.8. The second-order valence-corrected chi connectivity index (χ2v) is 11.6. The summed E-state index contributed by atoms with van der Waals surface area (Å²) in [5.41, 5.74) is 1.95. The van der Waals surface area contributed by atoms with Gasteiger partial charge in [-0.05, 0) is 38.1 Å². The third-order valence-electron chi connectivity index (χ3n) is 5.45. The van der Waals surface area contributed by atoms with E-state index in [9.17, 15) is 16.8 Å². The zero-order valence-corrected chi connectivity index (χ0v) is 18.0. The van der Waals surface area contributed by atoms with Gasteiger partial charge >= 0.3 is 0 Å². The number of sulfonamides is 1. The van der Waals surface area contributed by atoms with E-state index in [4.69, 9.17) is 4.74 Å². The van der Waals surface area contributed by atoms with Crippen molar-refractivity contribution >= 4 is 19.9 Å². The molecule has 0 radical (unpaired) electrons. The number of benzene rings is 2. The summed E-state index contributed by atoms with van der Waals surface area (Å²) < 4.78 is 59.6. The minimum absolute atomic E-state index is 0.0754. The number of ether oxygens (including phenoxy) is 1. The molecule has 2 fully saturated rings. The quantitative estimate of drug-likeness (QED) is 0.730. The van der Waals surface area contributed by atoms with Gasteiger partial charge in [-0.1, -0.05) is 35.4 Å². The van der Waals surface area contributed by atoms with Gasteiger partial charge in [0.1, 0.15) is 6.23 Å². The monoisotopic (exact) mass is 436 g/mol. The van der Waals surface area contributed by atoms with Crippen molar-refractivity contribution < 1.29 is 21.6 Å². The van der Waals surface area contributed by atoms with Crippen LogP contribution >= 0.6 is 0 Å². The van der Waals surface area contributed by atoms with Gasteiger partial charge in [0.2, 0.25) is 0 Å². The Bertz CT molecular complexity index is 1100. The van der Waals surface area contributed by atoms with Crippen molar-refractivity contribution in [2.75, 3.05) is 19.7 Å². The topological polar surface area (TPSA) is 84.0 Å². The minimum Gasteiger partial charge on any atom is -0.360 e. The van der Waals surface area contributed by atoms with Crippen LogP contribution in [0.15, 0.2) is 58.3 Å². The molecule has 0 N–H and O–H groups in total. The van der Waals surface area contributed by atoms with Crippen molar-refractivity contribution in [1.82, 2.24) is 9.42 Å². The summed E-state index contributed by atoms with van der Waals surface area (Å²) in [6, 6.07) is 13.4. The molecule has 29 heavy (non-hydrogen) atoms. The van der Waals surface area contributed by atoms with Crippen molar-refractivity contribution in [3.05, 3.63) is 59.7 Å². The zero-order chi connectivity index (χ0) is 20.8. The average molecular weight is 437 g/mol. The smallest absolute Gasteiger partial charge is 0.256 e. The second kappa shape index (κ2) is 7.48. The Labute approximate surface area is 171 Å². The number of hydrogen-bond acceptors (Lipinski definition) is 6. The van der Waals surface area contributed by atoms with Crippen LogP contribution in [0.4, 0.5) is 0 Å². The predicted octanol–water partition coefficient (Wildman–Crippen LogP) is 2.11. The van der Waals surface area contributed by atoms with Crippen LogP contribution in [0.2, 0.25) is 0 Å². The van der Waals surface area contributed by atoms with E-state index in [1.807, 2.05) is 13.8 Å². The highest BCUT2D eigenvalue weighted by Gasteiger charge is 2.48. The molecule has 2 atom stereocenters. The molecule has 2 heterocycles. The number of sulfone groups is 1. The molecule has 0 spiro atoms. The lowest BCUT2D eigenvalue weighted by molar-refractivity contribution is -0.153. The summed E-state index contributed by atoms with van der Waals surface area (Å²) in [5.74, 6) is 0. The molecule has 4 rings (SSSR count). The number of nitrogens with zero attached hydrogens (tertiary/aromatic N) is 2. The highest BCUT2D eigenvalue weighted by molar-refractivity contribution is 7.92. The van der Waals surface area contributed by atoms with Gasteiger partial charge in [0.05, 0.1) is 28.2 Å². The largest absolute Gasteiger partial charge is 0.360 e. The lowest BCUT2D eigenvalue weighted by Gasteiger charge is -2.38. The number of hydrazine groups is 1. The molecule has 0 aromatic heterocycles. The van der Waals surface area contributed by atoms with E-state index in [1.54, 1.807) is 53.5 Å². The molecule has 0 amide bonds. The maximum atomic E-state index is 13.2. The lowest BCUT2D eigenvalue weighted by atomic mass is 10.2. The molecular weight excluding hydrogens is 412 g/mol. The molecular formula is C20H24N2O5S2. The number of rotatable bonds is 4. The summed E-state index contributed by atoms with van der Waals surface area (Å²) in [5, 5.41) is 0.818. The fraction of sp³-hybridized carbons (Fsp3) is 0.400. The van der Waals surface area contributed by atoms with Gasteiger partial charge in [-0.2, -0.15) is 5.01 Å². The van der Waals surface area contributed by atoms with E-state index < -0.39 is 31.3 Å². The summed E-state index contributed by atoms with van der Waals surface area (Å²) in [7, 11) is -7.38. The van der Waals surface area contributed by atoms with Crippen molar-refractivity contribution in [3.8, 4) is 0 Å². The zero-order valence-electron chi connectivity index (χ0n) is 16.4. The highest BCUT2D eigenvalue weighted by atomic mass is 32.2. The number of aryl methyl sites for hydroxylation is 2. The van der Waals surface area contributed by atoms with Gasteiger partial charge in [-0.15, -0.1) is 4.41 Å². The Kier molecular flexibility index (Phi) is 5.28. The Morgan fingerprint density at radius 1 is 0.862 bits per heavy atom. The molecule has 2 aliphatic heterocycles. The fourth-order valence-electron chi connectivity index (χ4n) is 3.77. The molecule has 2 unspecified atom stereocenters. The van der Waals surface area contributed by atoms with E-state index >= 15 is 0 Å². The van der Waals surface area contributed by atoms with Crippen LogP contribution in [-0.4, -0.2) is 57.4 Å². The Balaban J connectivity index is 1.62. The molecule has 2 saturated heterocycles. The van der Waals surface area contributed by atoms with Gasteiger partial charge in [-0.3, -0.25) is 0 Å². The van der Waals surface area contributed by atoms with Crippen LogP contribution in [0.25, 0.3) is 0 Å². The van der Waals surface area contributed by atoms with E-state index in [0.29, 0.717) is 0 Å². The van der Waals surface area contributed by atoms with E-state index in [2.05, 4.69) is 0 Å². The lowest BCUT2D eigenvalue weighted by Crippen LogP contribution is -2.55. The highest BCUT2D eigenvalue weighted by Crippen LogP contribution is 2.34. The van der Waals surface area contributed by atoms with E-state index in [0.717, 1.165) is 11.1 Å². The second-order valence-electron chi connectivity index (χ2n) is 7.53. The molecule has 2 aromatic rings. The summed E-state index contributed by atoms with van der Waals surface area (Å²) in [6.07, 6.45) is -0.343. The van der Waals surface area contributed by atoms with Crippen LogP contribution in [0.3, 0.4) is 0 Å². The van der Waals surface area contributed by atoms with Gasteiger partial charge in [0.25, 0.3) is 10.0 Å². The molecule has 0 bridgehead atoms. The molecule has 156 valence electrons. The Morgan fingerprint density at radius 2 is 1.41 bits per heavy atom. The summed E-state index contributed by atoms with van der Waals surface area (Å²) >= 11 is 0. The standard InChI is InChI=1S/C20H24N2O5S2/c1-15-3-7-17(8-4-15)28(23,24)19-13-20-21(14-19)22(11-12-27-20)29(25,26)18-9-5-16(2)6-10-18/h3-10,19-20H,11-14H2,1-2H3. The average Bonchev–Trinajstić information content (AvgIpc) is 3.14. The van der Waals surface area contributed by atoms with Crippen LogP contribution in [-0.2, 0) is 24.6 Å². The van der Waals surface area contributed by atoms with Crippen molar-refractivity contribution in [1.29, 1.82) is 0 Å². The SMILES string of the molecule is Cc1ccc(S(=O)(=O)C2CC3OCCN(S(=O)(=O)c4ccc(C)cc4)N3C2)cc1. The summed E-state index contributed by atoms with van der Waals surface area (Å²) in [4.78, 5) is 0.439. The third-order valence-corrected chi connectivity index (χ3v) is 9.42. The first kappa shape index (κ1) is 20.5. The number of hydrogen-bond donors (Lipinski definition) is 0. The maximum absolute atomic E-state index is 13.2. The Hall–Kier alpha value is -1.78. The van der Waals surface area contributed by atoms with Crippen molar-refractivity contribution in [2.45, 2.75) is 41.5 Å². The fourth-order valence-corrected chi connectivity index (χ4v) is 6.92. The van der Waals surface area contributed by atoms with Crippen LogP contribution in [0, 0.1) is 13.8 Å². The molecule has 9 heteroatoms. The molecule has 2 aliphatic rings. The maximum Gasteiger partial charge on any atom is 0.256 e. The van der Waals surface area contributed by atoms with Crippen LogP contribution in [0.5, 0.6) is 0 Å².